The number of ether oxygens (including phenoxy) is 1. The molecule has 0 saturated carbocycles. The van der Waals surface area contributed by atoms with Crippen molar-refractivity contribution >= 4 is 17.8 Å². The second-order valence-corrected chi connectivity index (χ2v) is 5.45. The first-order chi connectivity index (χ1) is 11.0. The Balaban J connectivity index is 1.96. The quantitative estimate of drug-likeness (QED) is 0.830. The van der Waals surface area contributed by atoms with E-state index in [0.717, 1.165) is 5.56 Å². The lowest BCUT2D eigenvalue weighted by Gasteiger charge is -2.32. The molecule has 1 saturated heterocycles. The van der Waals surface area contributed by atoms with E-state index in [-0.39, 0.29) is 24.8 Å². The summed E-state index contributed by atoms with van der Waals surface area (Å²) < 4.78 is 5.36. The van der Waals surface area contributed by atoms with Gasteiger partial charge in [-0.3, -0.25) is 14.4 Å². The van der Waals surface area contributed by atoms with Gasteiger partial charge in [-0.15, -0.1) is 0 Å². The molecule has 1 aromatic rings. The van der Waals surface area contributed by atoms with E-state index in [2.05, 4.69) is 5.32 Å². The molecule has 1 aromatic carbocycles. The van der Waals surface area contributed by atoms with E-state index >= 15 is 0 Å². The smallest absolute Gasteiger partial charge is 0.306 e. The van der Waals surface area contributed by atoms with Crippen LogP contribution in [0.15, 0.2) is 24.3 Å². The lowest BCUT2D eigenvalue weighted by atomic mass is 10.1. The molecule has 1 atom stereocenters. The van der Waals surface area contributed by atoms with Crippen LogP contribution in [0, 0.1) is 0 Å². The number of amides is 2. The first-order valence-electron chi connectivity index (χ1n) is 7.41. The Labute approximate surface area is 134 Å². The average Bonchev–Trinajstić information content (AvgIpc) is 2.52. The summed E-state index contributed by atoms with van der Waals surface area (Å²) in [5, 5.41) is 11.5. The highest BCUT2D eigenvalue weighted by Gasteiger charge is 2.26. The van der Waals surface area contributed by atoms with Gasteiger partial charge >= 0.3 is 5.97 Å². The minimum atomic E-state index is -0.938. The lowest BCUT2D eigenvalue weighted by molar-refractivity contribution is -0.141. The van der Waals surface area contributed by atoms with Crippen molar-refractivity contribution in [3.05, 3.63) is 35.4 Å². The molecular weight excluding hydrogens is 300 g/mol. The molecule has 7 heteroatoms. The summed E-state index contributed by atoms with van der Waals surface area (Å²) in [5.74, 6) is -1.19. The van der Waals surface area contributed by atoms with Gasteiger partial charge in [-0.1, -0.05) is 12.1 Å². The number of nitrogens with one attached hydrogen (secondary N) is 1. The molecule has 2 amide bonds. The van der Waals surface area contributed by atoms with Crippen LogP contribution in [-0.4, -0.2) is 53.6 Å². The number of benzene rings is 1. The maximum absolute atomic E-state index is 12.5. The van der Waals surface area contributed by atoms with Gasteiger partial charge in [0.05, 0.1) is 19.1 Å². The number of carboxylic acids is 1. The summed E-state index contributed by atoms with van der Waals surface area (Å²) in [6, 6.07) is 7.00. The summed E-state index contributed by atoms with van der Waals surface area (Å²) in [7, 11) is 0. The SMILES string of the molecule is CC(=O)NCc1ccc(C(=O)N2CCOC(CC(=O)O)C2)cc1. The highest BCUT2D eigenvalue weighted by atomic mass is 16.5. The normalized spacial score (nSPS) is 17.6. The molecule has 23 heavy (non-hydrogen) atoms. The van der Waals surface area contributed by atoms with E-state index in [4.69, 9.17) is 9.84 Å². The average molecular weight is 320 g/mol. The summed E-state index contributed by atoms with van der Waals surface area (Å²) in [5.41, 5.74) is 1.44. The third kappa shape index (κ3) is 5.07. The van der Waals surface area contributed by atoms with Gasteiger partial charge in [0, 0.05) is 32.1 Å². The van der Waals surface area contributed by atoms with Gasteiger partial charge < -0.3 is 20.1 Å². The molecule has 124 valence electrons. The number of carbonyl (C=O) groups is 3. The second-order valence-electron chi connectivity index (χ2n) is 5.45. The topological polar surface area (TPSA) is 95.9 Å². The van der Waals surface area contributed by atoms with E-state index in [0.29, 0.717) is 25.3 Å². The van der Waals surface area contributed by atoms with Crippen molar-refractivity contribution < 1.29 is 24.2 Å². The Morgan fingerprint density at radius 1 is 1.30 bits per heavy atom. The second kappa shape index (κ2) is 7.73. The third-order valence-electron chi connectivity index (χ3n) is 3.57. The van der Waals surface area contributed by atoms with E-state index in [1.54, 1.807) is 29.2 Å². The molecule has 1 unspecified atom stereocenters. The number of nitrogens with zero attached hydrogens (tertiary/aromatic N) is 1. The fourth-order valence-electron chi connectivity index (χ4n) is 2.40. The Morgan fingerprint density at radius 2 is 2.00 bits per heavy atom. The molecule has 1 aliphatic heterocycles. The van der Waals surface area contributed by atoms with Crippen molar-refractivity contribution in [2.24, 2.45) is 0 Å². The number of hydrogen-bond donors (Lipinski definition) is 2. The fourth-order valence-corrected chi connectivity index (χ4v) is 2.40. The molecule has 0 aliphatic carbocycles. The van der Waals surface area contributed by atoms with E-state index in [9.17, 15) is 14.4 Å². The van der Waals surface area contributed by atoms with Crippen molar-refractivity contribution in [3.8, 4) is 0 Å². The minimum Gasteiger partial charge on any atom is -0.481 e. The summed E-state index contributed by atoms with van der Waals surface area (Å²) in [6.45, 7) is 2.93. The Kier molecular flexibility index (Phi) is 5.70. The molecular formula is C16H20N2O5. The molecule has 0 aromatic heterocycles. The number of hydrogen-bond acceptors (Lipinski definition) is 4. The Hall–Kier alpha value is -2.41. The fraction of sp³-hybridized carbons (Fsp3) is 0.438. The molecule has 0 radical (unpaired) electrons. The van der Waals surface area contributed by atoms with Crippen molar-refractivity contribution in [1.82, 2.24) is 10.2 Å². The number of carbonyl (C=O) groups excluding carboxylic acids is 2. The summed E-state index contributed by atoms with van der Waals surface area (Å²) in [4.78, 5) is 35.7. The van der Waals surface area contributed by atoms with Crippen LogP contribution in [0.2, 0.25) is 0 Å². The number of rotatable bonds is 5. The van der Waals surface area contributed by atoms with Crippen molar-refractivity contribution in [2.45, 2.75) is 26.0 Å². The zero-order chi connectivity index (χ0) is 16.8. The predicted molar refractivity (Wildman–Crippen MR) is 81.9 cm³/mol. The van der Waals surface area contributed by atoms with E-state index < -0.39 is 12.1 Å². The molecule has 0 spiro atoms. The Morgan fingerprint density at radius 3 is 2.61 bits per heavy atom. The zero-order valence-corrected chi connectivity index (χ0v) is 12.9. The van der Waals surface area contributed by atoms with Crippen molar-refractivity contribution in [3.63, 3.8) is 0 Å². The van der Waals surface area contributed by atoms with Crippen LogP contribution < -0.4 is 5.32 Å². The molecule has 7 nitrogen and oxygen atoms in total. The molecule has 0 bridgehead atoms. The van der Waals surface area contributed by atoms with Crippen LogP contribution in [0.25, 0.3) is 0 Å². The molecule has 2 N–H and O–H groups in total. The van der Waals surface area contributed by atoms with Crippen LogP contribution in [-0.2, 0) is 20.9 Å². The highest BCUT2D eigenvalue weighted by molar-refractivity contribution is 5.94. The largest absolute Gasteiger partial charge is 0.481 e. The summed E-state index contributed by atoms with van der Waals surface area (Å²) in [6.07, 6.45) is -0.580. The van der Waals surface area contributed by atoms with Crippen LogP contribution >= 0.6 is 0 Å². The minimum absolute atomic E-state index is 0.108. The highest BCUT2D eigenvalue weighted by Crippen LogP contribution is 2.13. The zero-order valence-electron chi connectivity index (χ0n) is 12.9. The van der Waals surface area contributed by atoms with Gasteiger partial charge in [-0.05, 0) is 17.7 Å². The molecule has 1 heterocycles. The van der Waals surface area contributed by atoms with Crippen LogP contribution in [0.5, 0.6) is 0 Å². The number of aliphatic carboxylic acids is 1. The lowest BCUT2D eigenvalue weighted by Crippen LogP contribution is -2.46. The first-order valence-corrected chi connectivity index (χ1v) is 7.41. The van der Waals surface area contributed by atoms with Crippen LogP contribution in [0.4, 0.5) is 0 Å². The van der Waals surface area contributed by atoms with Crippen molar-refractivity contribution in [2.75, 3.05) is 19.7 Å². The van der Waals surface area contributed by atoms with Gasteiger partial charge in [0.1, 0.15) is 0 Å². The van der Waals surface area contributed by atoms with Gasteiger partial charge in [0.2, 0.25) is 5.91 Å². The standard InChI is InChI=1S/C16H20N2O5/c1-11(19)17-9-12-2-4-13(5-3-12)16(22)18-6-7-23-14(10-18)8-15(20)21/h2-5,14H,6-10H2,1H3,(H,17,19)(H,20,21). The molecule has 2 rings (SSSR count). The number of morpholine rings is 1. The maximum atomic E-state index is 12.5. The van der Waals surface area contributed by atoms with E-state index in [1.165, 1.54) is 6.92 Å². The third-order valence-corrected chi connectivity index (χ3v) is 3.57. The van der Waals surface area contributed by atoms with Crippen LogP contribution in [0.3, 0.4) is 0 Å². The van der Waals surface area contributed by atoms with Crippen molar-refractivity contribution in [1.29, 1.82) is 0 Å². The summed E-state index contributed by atoms with van der Waals surface area (Å²) >= 11 is 0. The van der Waals surface area contributed by atoms with Gasteiger partial charge in [-0.25, -0.2) is 0 Å². The van der Waals surface area contributed by atoms with E-state index in [1.807, 2.05) is 0 Å². The molecule has 1 aliphatic rings. The first kappa shape index (κ1) is 17.0. The van der Waals surface area contributed by atoms with Gasteiger partial charge in [0.25, 0.3) is 5.91 Å². The van der Waals surface area contributed by atoms with Gasteiger partial charge in [-0.2, -0.15) is 0 Å². The molecule has 1 fully saturated rings. The number of carboxylic acid groups (broad SMARTS) is 1. The van der Waals surface area contributed by atoms with Gasteiger partial charge in [0.15, 0.2) is 0 Å². The monoisotopic (exact) mass is 320 g/mol. The predicted octanol–water partition coefficient (Wildman–Crippen LogP) is 0.638. The van der Waals surface area contributed by atoms with Crippen LogP contribution in [0.1, 0.15) is 29.3 Å². The Bertz CT molecular complexity index is 585. The maximum Gasteiger partial charge on any atom is 0.306 e.